The van der Waals surface area contributed by atoms with Gasteiger partial charge in [-0.15, -0.1) is 0 Å². The van der Waals surface area contributed by atoms with Crippen LogP contribution in [0, 0.1) is 10.1 Å². The van der Waals surface area contributed by atoms with Crippen molar-refractivity contribution >= 4 is 41.4 Å². The van der Waals surface area contributed by atoms with Gasteiger partial charge in [0, 0.05) is 22.3 Å². The highest BCUT2D eigenvalue weighted by molar-refractivity contribution is 9.10. The van der Waals surface area contributed by atoms with E-state index in [-0.39, 0.29) is 4.47 Å². The Morgan fingerprint density at radius 1 is 1.41 bits per heavy atom. The van der Waals surface area contributed by atoms with E-state index in [4.69, 9.17) is 10.7 Å². The molecule has 94 valence electrons. The summed E-state index contributed by atoms with van der Waals surface area (Å²) in [6, 6.07) is 1.16. The van der Waals surface area contributed by atoms with E-state index in [1.54, 1.807) is 0 Å². The molecule has 0 aliphatic heterocycles. The number of benzene rings is 1. The number of nitro groups is 1. The lowest BCUT2D eigenvalue weighted by molar-refractivity contribution is -0.385. The molecular formula is C7H3BrClF2NO4S. The number of rotatable bonds is 3. The van der Waals surface area contributed by atoms with Crippen LogP contribution in [0.2, 0.25) is 0 Å². The summed E-state index contributed by atoms with van der Waals surface area (Å²) < 4.78 is 46.9. The van der Waals surface area contributed by atoms with Crippen LogP contribution >= 0.6 is 26.6 Å². The molecule has 0 bridgehead atoms. The van der Waals surface area contributed by atoms with E-state index in [0.717, 1.165) is 0 Å². The lowest BCUT2D eigenvalue weighted by Gasteiger charge is -2.06. The maximum absolute atomic E-state index is 12.6. The third-order valence-electron chi connectivity index (χ3n) is 1.77. The van der Waals surface area contributed by atoms with Crippen molar-refractivity contribution in [2.45, 2.75) is 11.3 Å². The van der Waals surface area contributed by atoms with E-state index in [9.17, 15) is 27.3 Å². The predicted octanol–water partition coefficient (Wildman–Crippen LogP) is 3.22. The van der Waals surface area contributed by atoms with E-state index in [1.807, 2.05) is 0 Å². The average Bonchev–Trinajstić information content (AvgIpc) is 2.14. The van der Waals surface area contributed by atoms with Crippen LogP contribution in [-0.4, -0.2) is 13.3 Å². The van der Waals surface area contributed by atoms with Crippen molar-refractivity contribution in [2.24, 2.45) is 0 Å². The van der Waals surface area contributed by atoms with Crippen LogP contribution < -0.4 is 0 Å². The maximum atomic E-state index is 12.6. The Balaban J connectivity index is 3.66. The highest BCUT2D eigenvalue weighted by atomic mass is 79.9. The zero-order valence-corrected chi connectivity index (χ0v) is 10.9. The number of alkyl halides is 2. The molecule has 17 heavy (non-hydrogen) atoms. The number of nitro benzene ring substituents is 1. The second-order valence-corrected chi connectivity index (χ2v) is 6.23. The summed E-state index contributed by atoms with van der Waals surface area (Å²) in [6.07, 6.45) is -3.12. The zero-order valence-electron chi connectivity index (χ0n) is 7.73. The SMILES string of the molecule is O=[N+]([O-])c1cc(S(=O)(=O)Cl)c(C(F)F)cc1Br. The quantitative estimate of drug-likeness (QED) is 0.476. The Morgan fingerprint density at radius 2 is 1.94 bits per heavy atom. The molecule has 1 aromatic carbocycles. The lowest BCUT2D eigenvalue weighted by Crippen LogP contribution is -2.01. The first-order valence-corrected chi connectivity index (χ1v) is 6.95. The van der Waals surface area contributed by atoms with Gasteiger partial charge in [0.05, 0.1) is 14.3 Å². The minimum absolute atomic E-state index is 0.248. The molecule has 0 saturated carbocycles. The minimum Gasteiger partial charge on any atom is -0.258 e. The Bertz CT molecular complexity index is 577. The van der Waals surface area contributed by atoms with Gasteiger partial charge in [-0.25, -0.2) is 17.2 Å². The fourth-order valence-electron chi connectivity index (χ4n) is 1.08. The van der Waals surface area contributed by atoms with Gasteiger partial charge in [0.1, 0.15) is 0 Å². The van der Waals surface area contributed by atoms with Gasteiger partial charge >= 0.3 is 0 Å². The number of hydrogen-bond donors (Lipinski definition) is 0. The second-order valence-electron chi connectivity index (χ2n) is 2.84. The van der Waals surface area contributed by atoms with Gasteiger partial charge in [-0.3, -0.25) is 10.1 Å². The van der Waals surface area contributed by atoms with Crippen LogP contribution in [0.3, 0.4) is 0 Å². The van der Waals surface area contributed by atoms with E-state index in [1.165, 1.54) is 0 Å². The van der Waals surface area contributed by atoms with Crippen molar-refractivity contribution in [3.05, 3.63) is 32.3 Å². The molecule has 0 heterocycles. The molecule has 0 saturated heterocycles. The topological polar surface area (TPSA) is 77.3 Å². The Morgan fingerprint density at radius 3 is 2.29 bits per heavy atom. The fraction of sp³-hybridized carbons (Fsp3) is 0.143. The first kappa shape index (κ1) is 14.3. The summed E-state index contributed by atoms with van der Waals surface area (Å²) in [6.45, 7) is 0. The molecule has 0 aromatic heterocycles. The summed E-state index contributed by atoms with van der Waals surface area (Å²) in [5.74, 6) is 0. The summed E-state index contributed by atoms with van der Waals surface area (Å²) in [7, 11) is 0.453. The lowest BCUT2D eigenvalue weighted by atomic mass is 10.2. The monoisotopic (exact) mass is 349 g/mol. The van der Waals surface area contributed by atoms with Gasteiger partial charge < -0.3 is 0 Å². The highest BCUT2D eigenvalue weighted by Crippen LogP contribution is 2.36. The molecule has 10 heteroatoms. The molecule has 0 atom stereocenters. The largest absolute Gasteiger partial charge is 0.284 e. The van der Waals surface area contributed by atoms with Crippen molar-refractivity contribution in [3.63, 3.8) is 0 Å². The molecule has 0 N–H and O–H groups in total. The van der Waals surface area contributed by atoms with E-state index in [0.29, 0.717) is 12.1 Å². The molecule has 0 unspecified atom stereocenters. The Kier molecular flexibility index (Phi) is 4.05. The third kappa shape index (κ3) is 3.11. The average molecular weight is 351 g/mol. The maximum Gasteiger partial charge on any atom is 0.284 e. The number of nitrogens with zero attached hydrogens (tertiary/aromatic N) is 1. The molecule has 0 fully saturated rings. The van der Waals surface area contributed by atoms with Crippen LogP contribution in [0.25, 0.3) is 0 Å². The summed E-state index contributed by atoms with van der Waals surface area (Å²) in [5, 5.41) is 10.5. The van der Waals surface area contributed by atoms with Gasteiger partial charge in [-0.2, -0.15) is 0 Å². The van der Waals surface area contributed by atoms with Gasteiger partial charge in [0.2, 0.25) is 0 Å². The van der Waals surface area contributed by atoms with Gasteiger partial charge in [0.25, 0.3) is 21.2 Å². The van der Waals surface area contributed by atoms with Crippen LogP contribution in [0.4, 0.5) is 14.5 Å². The summed E-state index contributed by atoms with van der Waals surface area (Å²) in [5.41, 5.74) is -1.55. The standard InChI is InChI=1S/C7H3BrClF2NO4S/c8-4-1-3(7(10)11)6(17(9,15)16)2-5(4)12(13)14/h1-2,7H. The molecule has 1 aromatic rings. The number of hydrogen-bond acceptors (Lipinski definition) is 4. The molecule has 0 radical (unpaired) electrons. The van der Waals surface area contributed by atoms with Crippen molar-refractivity contribution < 1.29 is 22.1 Å². The van der Waals surface area contributed by atoms with Crippen LogP contribution in [-0.2, 0) is 9.05 Å². The van der Waals surface area contributed by atoms with Crippen molar-refractivity contribution in [3.8, 4) is 0 Å². The van der Waals surface area contributed by atoms with Crippen molar-refractivity contribution in [1.29, 1.82) is 0 Å². The van der Waals surface area contributed by atoms with Gasteiger partial charge in [-0.05, 0) is 22.0 Å². The van der Waals surface area contributed by atoms with Gasteiger partial charge in [-0.1, -0.05) is 0 Å². The van der Waals surface area contributed by atoms with E-state index in [2.05, 4.69) is 15.9 Å². The zero-order chi connectivity index (χ0) is 13.4. The van der Waals surface area contributed by atoms with Crippen LogP contribution in [0.1, 0.15) is 12.0 Å². The Hall–Kier alpha value is -0.800. The molecule has 5 nitrogen and oxygen atoms in total. The normalized spacial score (nSPS) is 11.8. The molecule has 0 amide bonds. The third-order valence-corrected chi connectivity index (χ3v) is 3.79. The Labute approximate surface area is 107 Å². The number of halogens is 4. The molecule has 1 rings (SSSR count). The fourth-order valence-corrected chi connectivity index (χ4v) is 2.67. The van der Waals surface area contributed by atoms with E-state index >= 15 is 0 Å². The summed E-state index contributed by atoms with van der Waals surface area (Å²) in [4.78, 5) is 8.65. The molecule has 0 spiro atoms. The highest BCUT2D eigenvalue weighted by Gasteiger charge is 2.27. The first-order valence-electron chi connectivity index (χ1n) is 3.85. The van der Waals surface area contributed by atoms with Crippen molar-refractivity contribution in [1.82, 2.24) is 0 Å². The molecular weight excluding hydrogens is 347 g/mol. The first-order chi connectivity index (χ1) is 7.64. The molecule has 0 aliphatic rings. The smallest absolute Gasteiger partial charge is 0.258 e. The van der Waals surface area contributed by atoms with Gasteiger partial charge in [0.15, 0.2) is 0 Å². The van der Waals surface area contributed by atoms with Crippen LogP contribution in [0.5, 0.6) is 0 Å². The van der Waals surface area contributed by atoms with Crippen molar-refractivity contribution in [2.75, 3.05) is 0 Å². The predicted molar refractivity (Wildman–Crippen MR) is 58.8 cm³/mol. The minimum atomic E-state index is -4.48. The summed E-state index contributed by atoms with van der Waals surface area (Å²) >= 11 is 2.70. The molecule has 0 aliphatic carbocycles. The van der Waals surface area contributed by atoms with E-state index < -0.39 is 36.5 Å². The second kappa shape index (κ2) is 4.83. The van der Waals surface area contributed by atoms with Crippen LogP contribution in [0.15, 0.2) is 21.5 Å².